The van der Waals surface area contributed by atoms with Crippen LogP contribution in [0.3, 0.4) is 0 Å². The summed E-state index contributed by atoms with van der Waals surface area (Å²) in [7, 11) is 0. The van der Waals surface area contributed by atoms with E-state index in [0.29, 0.717) is 12.4 Å². The highest BCUT2D eigenvalue weighted by Crippen LogP contribution is 2.20. The van der Waals surface area contributed by atoms with Crippen LogP contribution in [0.25, 0.3) is 11.4 Å². The Labute approximate surface area is 195 Å². The first kappa shape index (κ1) is 22.5. The van der Waals surface area contributed by atoms with Gasteiger partial charge in [0, 0.05) is 24.0 Å². The Morgan fingerprint density at radius 1 is 1.09 bits per heavy atom. The van der Waals surface area contributed by atoms with Gasteiger partial charge < -0.3 is 21.7 Å². The minimum atomic E-state index is -0.560. The van der Waals surface area contributed by atoms with Gasteiger partial charge in [0.25, 0.3) is 0 Å². The molecule has 4 rings (SSSR count). The van der Waals surface area contributed by atoms with Crippen molar-refractivity contribution in [3.63, 3.8) is 0 Å². The molecule has 3 aromatic rings. The van der Waals surface area contributed by atoms with Crippen LogP contribution in [0.5, 0.6) is 0 Å². The van der Waals surface area contributed by atoms with E-state index >= 15 is 0 Å². The zero-order chi connectivity index (χ0) is 23.3. The second-order valence-corrected chi connectivity index (χ2v) is 8.59. The average molecular weight is 442 g/mol. The van der Waals surface area contributed by atoms with Gasteiger partial charge in [-0.3, -0.25) is 0 Å². The molecule has 0 saturated heterocycles. The minimum Gasteiger partial charge on any atom is -0.344 e. The van der Waals surface area contributed by atoms with Gasteiger partial charge >= 0.3 is 0 Å². The molecule has 0 saturated carbocycles. The van der Waals surface area contributed by atoms with Crippen LogP contribution >= 0.6 is 0 Å². The third-order valence-electron chi connectivity index (χ3n) is 5.38. The summed E-state index contributed by atoms with van der Waals surface area (Å²) in [6, 6.07) is 20.3. The molecule has 0 spiro atoms. The van der Waals surface area contributed by atoms with E-state index in [2.05, 4.69) is 53.0 Å². The monoisotopic (exact) mass is 441 g/mol. The Morgan fingerprint density at radius 3 is 2.67 bits per heavy atom. The lowest BCUT2D eigenvalue weighted by Crippen LogP contribution is -2.58. The largest absolute Gasteiger partial charge is 0.344 e. The lowest BCUT2D eigenvalue weighted by atomic mass is 10.0. The first-order chi connectivity index (χ1) is 15.9. The number of guanidine groups is 1. The van der Waals surface area contributed by atoms with Crippen molar-refractivity contribution in [1.29, 1.82) is 0 Å². The van der Waals surface area contributed by atoms with Gasteiger partial charge in [-0.15, -0.1) is 0 Å². The molecule has 1 aliphatic heterocycles. The molecule has 7 heteroatoms. The van der Waals surface area contributed by atoms with Crippen LogP contribution in [0.15, 0.2) is 83.6 Å². The van der Waals surface area contributed by atoms with Gasteiger partial charge in [-0.2, -0.15) is 0 Å². The summed E-state index contributed by atoms with van der Waals surface area (Å²) in [5, 5.41) is 10.3. The molecule has 0 aliphatic carbocycles. The molecule has 0 fully saturated rings. The van der Waals surface area contributed by atoms with Gasteiger partial charge in [-0.05, 0) is 50.5 Å². The maximum absolute atomic E-state index is 5.78. The second-order valence-electron chi connectivity index (χ2n) is 8.59. The molecule has 0 radical (unpaired) electrons. The van der Waals surface area contributed by atoms with Crippen molar-refractivity contribution in [3.8, 4) is 11.4 Å². The molecule has 0 amide bonds. The summed E-state index contributed by atoms with van der Waals surface area (Å²) in [5.74, 6) is 2.14. The van der Waals surface area contributed by atoms with Crippen LogP contribution in [0, 0.1) is 0 Å². The van der Waals surface area contributed by atoms with Gasteiger partial charge in [-0.25, -0.2) is 15.0 Å². The summed E-state index contributed by atoms with van der Waals surface area (Å²) in [5.41, 5.74) is 9.57. The van der Waals surface area contributed by atoms with Crippen molar-refractivity contribution in [2.45, 2.75) is 45.4 Å². The Morgan fingerprint density at radius 2 is 1.88 bits per heavy atom. The number of nitrogens with two attached hydrogens (primary N) is 1. The number of nitrogens with zero attached hydrogens (tertiary/aromatic N) is 3. The Hall–Kier alpha value is -3.71. The number of nitrogens with one attached hydrogen (secondary N) is 3. The molecule has 1 unspecified atom stereocenters. The topological polar surface area (TPSA) is 100 Å². The smallest absolute Gasteiger partial charge is 0.197 e. The number of rotatable bonds is 7. The quantitative estimate of drug-likeness (QED) is 0.445. The number of anilines is 1. The van der Waals surface area contributed by atoms with Gasteiger partial charge in [0.15, 0.2) is 11.8 Å². The van der Waals surface area contributed by atoms with Gasteiger partial charge in [0.05, 0.1) is 6.04 Å². The third-order valence-corrected chi connectivity index (χ3v) is 5.38. The molecule has 5 N–H and O–H groups in total. The number of hydrogen-bond donors (Lipinski definition) is 4. The van der Waals surface area contributed by atoms with Crippen molar-refractivity contribution in [2.75, 3.05) is 5.32 Å². The number of benzene rings is 2. The SMILES string of the molecule is CC1=C[C@@](C)(Nc2ccnc(-c3ccccc3)n2)NC(=NC(C)Cc2cccc(CN)c2)N1. The lowest BCUT2D eigenvalue weighted by molar-refractivity contribution is 0.551. The highest BCUT2D eigenvalue weighted by molar-refractivity contribution is 5.84. The molecule has 2 heterocycles. The fourth-order valence-corrected chi connectivity index (χ4v) is 4.01. The first-order valence-electron chi connectivity index (χ1n) is 11.2. The molecule has 2 aromatic carbocycles. The van der Waals surface area contributed by atoms with E-state index in [9.17, 15) is 0 Å². The van der Waals surface area contributed by atoms with E-state index in [1.54, 1.807) is 6.20 Å². The highest BCUT2D eigenvalue weighted by Gasteiger charge is 2.28. The molecule has 33 heavy (non-hydrogen) atoms. The summed E-state index contributed by atoms with van der Waals surface area (Å²) in [6.45, 7) is 6.75. The fourth-order valence-electron chi connectivity index (χ4n) is 4.01. The van der Waals surface area contributed by atoms with Crippen molar-refractivity contribution in [3.05, 3.63) is 89.8 Å². The van der Waals surface area contributed by atoms with E-state index in [4.69, 9.17) is 15.7 Å². The molecular formula is C26H31N7. The molecule has 170 valence electrons. The zero-order valence-corrected chi connectivity index (χ0v) is 19.3. The Bertz CT molecular complexity index is 1160. The maximum atomic E-state index is 5.78. The molecule has 7 nitrogen and oxygen atoms in total. The molecular weight excluding hydrogens is 410 g/mol. The minimum absolute atomic E-state index is 0.0897. The van der Waals surface area contributed by atoms with E-state index in [-0.39, 0.29) is 6.04 Å². The van der Waals surface area contributed by atoms with Crippen molar-refractivity contribution >= 4 is 11.8 Å². The summed E-state index contributed by atoms with van der Waals surface area (Å²) in [4.78, 5) is 14.0. The van der Waals surface area contributed by atoms with Crippen LogP contribution in [-0.4, -0.2) is 27.6 Å². The third kappa shape index (κ3) is 5.96. The van der Waals surface area contributed by atoms with Crippen molar-refractivity contribution in [2.24, 2.45) is 10.7 Å². The summed E-state index contributed by atoms with van der Waals surface area (Å²) < 4.78 is 0. The van der Waals surface area contributed by atoms with Crippen molar-refractivity contribution in [1.82, 2.24) is 20.6 Å². The number of aliphatic imine (C=N–C) groups is 1. The first-order valence-corrected chi connectivity index (χ1v) is 11.2. The Kier molecular flexibility index (Phi) is 6.70. The van der Waals surface area contributed by atoms with E-state index in [0.717, 1.165) is 35.0 Å². The molecule has 2 atom stereocenters. The molecule has 1 aromatic heterocycles. The van der Waals surface area contributed by atoms with Gasteiger partial charge in [0.1, 0.15) is 11.5 Å². The van der Waals surface area contributed by atoms with Gasteiger partial charge in [-0.1, -0.05) is 54.6 Å². The highest BCUT2D eigenvalue weighted by atomic mass is 15.3. The lowest BCUT2D eigenvalue weighted by Gasteiger charge is -2.36. The van der Waals surface area contributed by atoms with Crippen LogP contribution in [0.4, 0.5) is 5.82 Å². The standard InChI is InChI=1S/C26H31N7/c1-18(14-20-8-7-9-21(15-20)17-27)29-25-30-19(2)16-26(3,33-25)32-23-12-13-28-24(31-23)22-10-5-4-6-11-22/h4-13,15-16,18H,14,17,27H2,1-3H3,(H,28,31,32)(H2,29,30,33)/t18?,26-/m0/s1. The predicted octanol–water partition coefficient (Wildman–Crippen LogP) is 3.81. The normalized spacial score (nSPS) is 19.9. The number of hydrogen-bond acceptors (Lipinski definition) is 5. The van der Waals surface area contributed by atoms with E-state index in [1.165, 1.54) is 5.56 Å². The second kappa shape index (κ2) is 9.83. The predicted molar refractivity (Wildman–Crippen MR) is 134 cm³/mol. The van der Waals surface area contributed by atoms with Crippen LogP contribution in [0.1, 0.15) is 31.9 Å². The summed E-state index contributed by atoms with van der Waals surface area (Å²) in [6.07, 6.45) is 4.69. The summed E-state index contributed by atoms with van der Waals surface area (Å²) >= 11 is 0. The number of allylic oxidation sites excluding steroid dienone is 1. The molecule has 0 bridgehead atoms. The average Bonchev–Trinajstić information content (AvgIpc) is 2.79. The van der Waals surface area contributed by atoms with Crippen LogP contribution in [0.2, 0.25) is 0 Å². The maximum Gasteiger partial charge on any atom is 0.197 e. The van der Waals surface area contributed by atoms with Crippen LogP contribution in [-0.2, 0) is 13.0 Å². The number of aromatic nitrogens is 2. The van der Waals surface area contributed by atoms with Crippen molar-refractivity contribution < 1.29 is 0 Å². The fraction of sp³-hybridized carbons (Fsp3) is 0.269. The zero-order valence-electron chi connectivity index (χ0n) is 19.3. The van der Waals surface area contributed by atoms with E-state index < -0.39 is 5.66 Å². The molecule has 1 aliphatic rings. The van der Waals surface area contributed by atoms with E-state index in [1.807, 2.05) is 55.5 Å². The Balaban J connectivity index is 1.49. The van der Waals surface area contributed by atoms with Crippen LogP contribution < -0.4 is 21.7 Å². The van der Waals surface area contributed by atoms with Gasteiger partial charge in [0.2, 0.25) is 0 Å².